The molecule has 0 atom stereocenters. The number of hydrogen-bond donors (Lipinski definition) is 0. The number of para-hydroxylation sites is 3. The number of furan rings is 1. The van der Waals surface area contributed by atoms with Gasteiger partial charge in [0.1, 0.15) is 5.58 Å². The molecule has 12 rings (SSSR count). The summed E-state index contributed by atoms with van der Waals surface area (Å²) < 4.78 is 9.13. The molecule has 4 nitrogen and oxygen atoms in total. The average molecular weight is 1140 g/mol. The third-order valence-corrected chi connectivity index (χ3v) is 15.4. The van der Waals surface area contributed by atoms with Gasteiger partial charge in [-0.05, 0) is 74.8 Å². The summed E-state index contributed by atoms with van der Waals surface area (Å²) in [7, 11) is -1.34. The SMILES string of the molecule is CC(C)Cc1cc(-c2[c-]cccc2)ncc1[Si](C)(C)C.[Ir].[c-]1ccc2c(oc3cc(-c4ccc(-c5ccccc5)cc4)ccc32)c1-c1nc2ccccc2n1-c1c(-c2ccccc2)cccc1-c1ccccc1. The van der Waals surface area contributed by atoms with Gasteiger partial charge in [0.05, 0.1) is 36.2 Å². The van der Waals surface area contributed by atoms with Crippen LogP contribution in [0.3, 0.4) is 0 Å². The smallest absolute Gasteiger partial charge is 0.121 e. The summed E-state index contributed by atoms with van der Waals surface area (Å²) in [6.07, 6.45) is 3.24. The topological polar surface area (TPSA) is 43.9 Å². The van der Waals surface area contributed by atoms with Crippen LogP contribution in [-0.4, -0.2) is 22.6 Å². The van der Waals surface area contributed by atoms with E-state index in [-0.39, 0.29) is 20.1 Å². The number of benzene rings is 9. The molecule has 0 aliphatic carbocycles. The van der Waals surface area contributed by atoms with Gasteiger partial charge in [0, 0.05) is 42.8 Å². The molecule has 73 heavy (non-hydrogen) atoms. The third-order valence-electron chi connectivity index (χ3n) is 13.4. The number of rotatable bonds is 10. The molecule has 6 heteroatoms. The second-order valence-electron chi connectivity index (χ2n) is 19.9. The number of fused-ring (bicyclic) bond motifs is 4. The fourth-order valence-electron chi connectivity index (χ4n) is 9.96. The van der Waals surface area contributed by atoms with Gasteiger partial charge in [-0.2, -0.15) is 0 Å². The number of imidazole rings is 1. The summed E-state index contributed by atoms with van der Waals surface area (Å²) in [6, 6.07) is 83.1. The monoisotopic (exact) mass is 1140 g/mol. The molecule has 0 N–H and O–H groups in total. The maximum Gasteiger partial charge on any atom is 0.121 e. The summed E-state index contributed by atoms with van der Waals surface area (Å²) in [5, 5.41) is 3.59. The average Bonchev–Trinajstić information content (AvgIpc) is 4.00. The quantitative estimate of drug-likeness (QED) is 0.101. The van der Waals surface area contributed by atoms with Crippen LogP contribution in [0.2, 0.25) is 19.6 Å². The summed E-state index contributed by atoms with van der Waals surface area (Å²) in [6.45, 7) is 11.7. The van der Waals surface area contributed by atoms with Crippen molar-refractivity contribution >= 4 is 46.2 Å². The van der Waals surface area contributed by atoms with E-state index >= 15 is 0 Å². The van der Waals surface area contributed by atoms with Gasteiger partial charge >= 0.3 is 0 Å². The van der Waals surface area contributed by atoms with Crippen LogP contribution in [-0.2, 0) is 26.5 Å². The van der Waals surface area contributed by atoms with Gasteiger partial charge in [-0.15, -0.1) is 54.1 Å². The van der Waals surface area contributed by atoms with Crippen molar-refractivity contribution in [2.45, 2.75) is 39.9 Å². The van der Waals surface area contributed by atoms with E-state index in [1.807, 2.05) is 36.4 Å². The largest absolute Gasteiger partial charge is 0.501 e. The van der Waals surface area contributed by atoms with E-state index in [0.717, 1.165) is 101 Å². The normalized spacial score (nSPS) is 11.4. The Hall–Kier alpha value is -7.73. The zero-order chi connectivity index (χ0) is 49.2. The van der Waals surface area contributed by atoms with Crippen LogP contribution in [0.1, 0.15) is 19.4 Å². The van der Waals surface area contributed by atoms with Crippen molar-refractivity contribution in [3.05, 3.63) is 242 Å². The van der Waals surface area contributed by atoms with E-state index in [2.05, 4.69) is 243 Å². The minimum absolute atomic E-state index is 0. The molecule has 0 aliphatic heterocycles. The maximum absolute atomic E-state index is 6.83. The Balaban J connectivity index is 0.000000246. The minimum Gasteiger partial charge on any atom is -0.501 e. The van der Waals surface area contributed by atoms with Gasteiger partial charge in [0.2, 0.25) is 0 Å². The molecule has 0 saturated carbocycles. The molecule has 0 amide bonds. The van der Waals surface area contributed by atoms with Crippen LogP contribution in [0.5, 0.6) is 0 Å². The van der Waals surface area contributed by atoms with E-state index in [1.165, 1.54) is 21.9 Å². The summed E-state index contributed by atoms with van der Waals surface area (Å²) >= 11 is 0. The van der Waals surface area contributed by atoms with Crippen LogP contribution >= 0.6 is 0 Å². The van der Waals surface area contributed by atoms with Crippen LogP contribution < -0.4 is 5.19 Å². The Morgan fingerprint density at radius 3 is 1.77 bits per heavy atom. The summed E-state index contributed by atoms with van der Waals surface area (Å²) in [4.78, 5) is 10.0. The Morgan fingerprint density at radius 1 is 0.548 bits per heavy atom. The molecule has 3 aromatic heterocycles. The van der Waals surface area contributed by atoms with E-state index in [0.29, 0.717) is 5.92 Å². The molecular weight excluding hydrogens is 1080 g/mol. The first kappa shape index (κ1) is 48.9. The summed E-state index contributed by atoms with van der Waals surface area (Å²) in [5.41, 5.74) is 18.1. The number of aromatic nitrogens is 3. The first-order valence-corrected chi connectivity index (χ1v) is 28.4. The van der Waals surface area contributed by atoms with Crippen LogP contribution in [0, 0.1) is 18.1 Å². The van der Waals surface area contributed by atoms with Gasteiger partial charge in [-0.25, -0.2) is 0 Å². The first-order chi connectivity index (χ1) is 35.2. The molecule has 3 heterocycles. The Bertz CT molecular complexity index is 3770. The second-order valence-corrected chi connectivity index (χ2v) is 24.9. The summed E-state index contributed by atoms with van der Waals surface area (Å²) in [5.74, 6) is 1.45. The third kappa shape index (κ3) is 10.1. The van der Waals surface area contributed by atoms with Gasteiger partial charge in [0.15, 0.2) is 0 Å². The van der Waals surface area contributed by atoms with E-state index in [9.17, 15) is 0 Å². The van der Waals surface area contributed by atoms with Crippen molar-refractivity contribution in [2.75, 3.05) is 0 Å². The van der Waals surface area contributed by atoms with Crippen LogP contribution in [0.25, 0.3) is 106 Å². The first-order valence-electron chi connectivity index (χ1n) is 24.9. The second kappa shape index (κ2) is 21.2. The zero-order valence-electron chi connectivity index (χ0n) is 41.7. The fourth-order valence-corrected chi connectivity index (χ4v) is 11.5. The molecule has 0 unspecified atom stereocenters. The fraction of sp³-hybridized carbons (Fsp3) is 0.104. The predicted octanol–water partition coefficient (Wildman–Crippen LogP) is 17.4. The minimum atomic E-state index is -1.34. The van der Waals surface area contributed by atoms with Gasteiger partial charge in [0.25, 0.3) is 0 Å². The van der Waals surface area contributed by atoms with Crippen LogP contribution in [0.15, 0.2) is 229 Å². The van der Waals surface area contributed by atoms with Crippen molar-refractivity contribution < 1.29 is 24.5 Å². The molecule has 359 valence electrons. The van der Waals surface area contributed by atoms with E-state index < -0.39 is 8.07 Å². The molecule has 0 aliphatic rings. The Morgan fingerprint density at radius 2 is 1.14 bits per heavy atom. The van der Waals surface area contributed by atoms with Gasteiger partial charge < -0.3 is 14.0 Å². The van der Waals surface area contributed by atoms with E-state index in [4.69, 9.17) is 9.40 Å². The maximum atomic E-state index is 6.83. The van der Waals surface area contributed by atoms with Crippen molar-refractivity contribution in [1.82, 2.24) is 14.5 Å². The van der Waals surface area contributed by atoms with Crippen molar-refractivity contribution in [2.24, 2.45) is 5.92 Å². The molecule has 9 aromatic carbocycles. The van der Waals surface area contributed by atoms with Crippen LogP contribution in [0.4, 0.5) is 0 Å². The number of hydrogen-bond acceptors (Lipinski definition) is 3. The molecular formula is C67H55IrN3OSi-2. The Kier molecular flexibility index (Phi) is 14.2. The van der Waals surface area contributed by atoms with Gasteiger partial charge in [-0.1, -0.05) is 214 Å². The van der Waals surface area contributed by atoms with E-state index in [1.54, 1.807) is 0 Å². The number of pyridine rings is 1. The molecule has 1 radical (unpaired) electrons. The molecule has 0 fully saturated rings. The Labute approximate surface area is 443 Å². The molecule has 0 spiro atoms. The number of nitrogens with zero attached hydrogens (tertiary/aromatic N) is 3. The predicted molar refractivity (Wildman–Crippen MR) is 304 cm³/mol. The molecule has 0 saturated heterocycles. The van der Waals surface area contributed by atoms with Crippen molar-refractivity contribution in [3.8, 4) is 72.8 Å². The van der Waals surface area contributed by atoms with Crippen molar-refractivity contribution in [1.29, 1.82) is 0 Å². The standard InChI is InChI=1S/C49H31N2O.C18H24NSi.Ir/c1-4-14-33(15-5-1)34-26-28-35(29-27-34)38-30-31-41-42-22-13-23-43(48(42)52-46(41)32-38)49-50-44-24-10-11-25-45(44)51(49)47-39(36-16-6-2-7-17-36)20-12-21-40(47)37-18-8-3-9-19-37;1-14(2)11-16-12-17(15-9-7-6-8-10-15)19-13-18(16)20(3,4)5;/h1-22,24-32H;6-9,12-14H,11H2,1-5H3;/q2*-1;. The van der Waals surface area contributed by atoms with Crippen molar-refractivity contribution in [3.63, 3.8) is 0 Å². The van der Waals surface area contributed by atoms with Gasteiger partial charge in [-0.3, -0.25) is 4.98 Å². The zero-order valence-corrected chi connectivity index (χ0v) is 45.1. The molecule has 12 aromatic rings. The molecule has 0 bridgehead atoms.